The zero-order valence-corrected chi connectivity index (χ0v) is 23.2. The second-order valence-corrected chi connectivity index (χ2v) is 9.78. The molecule has 0 spiro atoms. The van der Waals surface area contributed by atoms with E-state index in [2.05, 4.69) is 69.9 Å². The summed E-state index contributed by atoms with van der Waals surface area (Å²) in [6, 6.07) is 24.9. The molecular formula is C29H25N6OPt-3. The maximum absolute atomic E-state index is 6.15. The van der Waals surface area contributed by atoms with Crippen LogP contribution in [0.1, 0.15) is 26.3 Å². The minimum atomic E-state index is -0.000174. The molecule has 0 amide bonds. The first-order valence-electron chi connectivity index (χ1n) is 11.8. The van der Waals surface area contributed by atoms with Crippen LogP contribution in [0.5, 0.6) is 11.5 Å². The zero-order chi connectivity index (χ0) is 24.9. The number of anilines is 3. The topological polar surface area (TPSA) is 59.3 Å². The number of fused-ring (bicyclic) bond motifs is 2. The Morgan fingerprint density at radius 1 is 0.892 bits per heavy atom. The predicted molar refractivity (Wildman–Crippen MR) is 141 cm³/mol. The number of rotatable bonds is 4. The number of hydrogen-bond acceptors (Lipinski definition) is 6. The fourth-order valence-corrected chi connectivity index (χ4v) is 4.27. The van der Waals surface area contributed by atoms with Crippen LogP contribution in [0.25, 0.3) is 16.9 Å². The Kier molecular flexibility index (Phi) is 6.50. The van der Waals surface area contributed by atoms with E-state index in [0.29, 0.717) is 28.4 Å². The van der Waals surface area contributed by atoms with E-state index in [-0.39, 0.29) is 26.5 Å². The number of aromatic nitrogens is 4. The van der Waals surface area contributed by atoms with Crippen LogP contribution in [0.4, 0.5) is 17.1 Å². The molecule has 0 unspecified atom stereocenters. The van der Waals surface area contributed by atoms with Crippen molar-refractivity contribution in [2.24, 2.45) is 0 Å². The van der Waals surface area contributed by atoms with Gasteiger partial charge in [-0.3, -0.25) is 0 Å². The molecule has 7 nitrogen and oxygen atoms in total. The molecule has 0 fully saturated rings. The van der Waals surface area contributed by atoms with Gasteiger partial charge in [-0.25, -0.2) is 9.67 Å². The number of benzene rings is 2. The van der Waals surface area contributed by atoms with Gasteiger partial charge in [0.1, 0.15) is 0 Å². The summed E-state index contributed by atoms with van der Waals surface area (Å²) in [6.07, 6.45) is 5.17. The summed E-state index contributed by atoms with van der Waals surface area (Å²) in [6.45, 7) is 8.56. The molecule has 0 bridgehead atoms. The van der Waals surface area contributed by atoms with Crippen molar-refractivity contribution in [3.8, 4) is 17.3 Å². The summed E-state index contributed by atoms with van der Waals surface area (Å²) in [5.74, 6) is 1.77. The average molecular weight is 669 g/mol. The maximum atomic E-state index is 6.15. The molecule has 3 aromatic heterocycles. The normalized spacial score (nSPS) is 13.0. The summed E-state index contributed by atoms with van der Waals surface area (Å²) in [7, 11) is 2.03. The molecule has 1 aliphatic heterocycles. The molecule has 8 heteroatoms. The van der Waals surface area contributed by atoms with Gasteiger partial charge in [-0.05, 0) is 59.5 Å². The molecule has 0 saturated carbocycles. The summed E-state index contributed by atoms with van der Waals surface area (Å²) in [5.41, 5.74) is 5.70. The van der Waals surface area contributed by atoms with E-state index in [1.165, 1.54) is 5.56 Å². The van der Waals surface area contributed by atoms with E-state index in [9.17, 15) is 0 Å². The summed E-state index contributed by atoms with van der Waals surface area (Å²) in [4.78, 5) is 13.2. The van der Waals surface area contributed by atoms with Gasteiger partial charge in [0.05, 0.1) is 0 Å². The van der Waals surface area contributed by atoms with Crippen LogP contribution in [0.2, 0.25) is 0 Å². The van der Waals surface area contributed by atoms with Gasteiger partial charge in [-0.2, -0.15) is 17.8 Å². The van der Waals surface area contributed by atoms with E-state index < -0.39 is 0 Å². The molecule has 5 aromatic rings. The van der Waals surface area contributed by atoms with Gasteiger partial charge < -0.3 is 19.5 Å². The second-order valence-electron chi connectivity index (χ2n) is 9.78. The van der Waals surface area contributed by atoms with Crippen LogP contribution in [0, 0.1) is 18.8 Å². The Bertz CT molecular complexity index is 1570. The van der Waals surface area contributed by atoms with Gasteiger partial charge in [-0.15, -0.1) is 30.0 Å². The molecule has 0 N–H and O–H groups in total. The Labute approximate surface area is 231 Å². The van der Waals surface area contributed by atoms with Crippen molar-refractivity contribution in [2.45, 2.75) is 26.2 Å². The fraction of sp³-hybridized carbons (Fsp3) is 0.172. The van der Waals surface area contributed by atoms with Crippen molar-refractivity contribution < 1.29 is 25.8 Å². The van der Waals surface area contributed by atoms with Crippen molar-refractivity contribution in [3.63, 3.8) is 0 Å². The van der Waals surface area contributed by atoms with Crippen molar-refractivity contribution >= 4 is 28.1 Å². The van der Waals surface area contributed by atoms with E-state index in [1.54, 1.807) is 17.1 Å². The average Bonchev–Trinajstić information content (AvgIpc) is 3.45. The summed E-state index contributed by atoms with van der Waals surface area (Å²) in [5, 5.41) is 4.51. The van der Waals surface area contributed by atoms with Crippen LogP contribution in [0.3, 0.4) is 0 Å². The van der Waals surface area contributed by atoms with Crippen LogP contribution in [0.15, 0.2) is 73.2 Å². The molecule has 0 saturated heterocycles. The summed E-state index contributed by atoms with van der Waals surface area (Å²) < 4.78 is 7.90. The Morgan fingerprint density at radius 3 is 2.51 bits per heavy atom. The van der Waals surface area contributed by atoms with Crippen LogP contribution >= 0.6 is 0 Å². The monoisotopic (exact) mass is 668 g/mol. The number of hydrogen-bond donors (Lipinski definition) is 0. The molecule has 6 rings (SSSR count). The van der Waals surface area contributed by atoms with Gasteiger partial charge in [0.25, 0.3) is 0 Å². The third-order valence-corrected chi connectivity index (χ3v) is 6.18. The molecule has 4 heterocycles. The first-order valence-corrected chi connectivity index (χ1v) is 11.8. The fourth-order valence-electron chi connectivity index (χ4n) is 4.27. The van der Waals surface area contributed by atoms with Gasteiger partial charge in [0.2, 0.25) is 0 Å². The number of ether oxygens (including phenoxy) is 1. The SMILES string of the molecule is CN1[CH-]N(c2[c-]c(Oc3[c-]c4c(cnn4-c4cc(C(C)(C)C)ccn4)nc3)ccc2)c2ccccc21.[Pt]. The van der Waals surface area contributed by atoms with E-state index in [0.717, 1.165) is 17.1 Å². The van der Waals surface area contributed by atoms with Crippen LogP contribution in [-0.4, -0.2) is 26.8 Å². The summed E-state index contributed by atoms with van der Waals surface area (Å²) >= 11 is 0. The van der Waals surface area contributed by atoms with E-state index >= 15 is 0 Å². The first kappa shape index (κ1) is 25.0. The van der Waals surface area contributed by atoms with Gasteiger partial charge in [-0.1, -0.05) is 32.9 Å². The first-order chi connectivity index (χ1) is 17.4. The van der Waals surface area contributed by atoms with Crippen molar-refractivity contribution in [1.82, 2.24) is 19.7 Å². The molecule has 2 aromatic carbocycles. The quantitative estimate of drug-likeness (QED) is 0.213. The van der Waals surface area contributed by atoms with Crippen molar-refractivity contribution in [3.05, 3.63) is 97.6 Å². The number of nitrogens with zero attached hydrogens (tertiary/aromatic N) is 6. The molecule has 37 heavy (non-hydrogen) atoms. The van der Waals surface area contributed by atoms with E-state index in [1.807, 2.05) is 62.4 Å². The smallest absolute Gasteiger partial charge is 0.151 e. The van der Waals surface area contributed by atoms with Gasteiger partial charge in [0.15, 0.2) is 5.82 Å². The minimum Gasteiger partial charge on any atom is -0.508 e. The molecule has 0 atom stereocenters. The standard InChI is InChI=1S/C29H25N6O.Pt/c1-29(2,3)20-12-13-30-28(14-20)35-27-16-23(17-31-24(27)18-32-35)36-22-9-7-8-21(15-22)34-19-33(4)25-10-5-6-11-26(25)34;/h5-14,17-19H,1-4H3;/q-3;. The molecule has 0 radical (unpaired) electrons. The Balaban J connectivity index is 0.00000280. The third-order valence-electron chi connectivity index (χ3n) is 6.18. The Morgan fingerprint density at radius 2 is 1.70 bits per heavy atom. The van der Waals surface area contributed by atoms with Crippen LogP contribution < -0.4 is 14.5 Å². The molecular weight excluding hydrogens is 643 g/mol. The number of pyridine rings is 2. The second kappa shape index (κ2) is 9.64. The van der Waals surface area contributed by atoms with Crippen molar-refractivity contribution in [2.75, 3.05) is 16.8 Å². The molecule has 1 aliphatic rings. The van der Waals surface area contributed by atoms with Gasteiger partial charge in [0, 0.05) is 56.3 Å². The Hall–Kier alpha value is -3.70. The molecule has 0 aliphatic carbocycles. The maximum Gasteiger partial charge on any atom is 0.151 e. The van der Waals surface area contributed by atoms with Gasteiger partial charge >= 0.3 is 0 Å². The van der Waals surface area contributed by atoms with Crippen molar-refractivity contribution in [1.29, 1.82) is 0 Å². The zero-order valence-electron chi connectivity index (χ0n) is 20.9. The van der Waals surface area contributed by atoms with E-state index in [4.69, 9.17) is 4.74 Å². The largest absolute Gasteiger partial charge is 0.508 e. The molecule has 190 valence electrons. The minimum absolute atomic E-state index is 0. The third kappa shape index (κ3) is 4.72. The number of para-hydroxylation sites is 2. The predicted octanol–water partition coefficient (Wildman–Crippen LogP) is 6.21. The van der Waals surface area contributed by atoms with Crippen LogP contribution in [-0.2, 0) is 26.5 Å².